The Balaban J connectivity index is 2.27. The fourth-order valence-electron chi connectivity index (χ4n) is 2.36. The second-order valence-electron chi connectivity index (χ2n) is 5.07. The van der Waals surface area contributed by atoms with Crippen molar-refractivity contribution in [1.29, 1.82) is 0 Å². The molecule has 1 aromatic heterocycles. The predicted octanol–water partition coefficient (Wildman–Crippen LogP) is 2.13. The molecule has 1 aliphatic heterocycles. The Kier molecular flexibility index (Phi) is 3.70. The molecule has 0 unspecified atom stereocenters. The molecule has 0 radical (unpaired) electrons. The van der Waals surface area contributed by atoms with E-state index in [0.717, 1.165) is 22.2 Å². The quantitative estimate of drug-likeness (QED) is 0.895. The van der Waals surface area contributed by atoms with Gasteiger partial charge in [0.25, 0.3) is 0 Å². The largest absolute Gasteiger partial charge is 0.378 e. The van der Waals surface area contributed by atoms with Crippen LogP contribution in [0.5, 0.6) is 0 Å². The van der Waals surface area contributed by atoms with Crippen LogP contribution in [-0.2, 0) is 17.9 Å². The Morgan fingerprint density at radius 1 is 1.53 bits per heavy atom. The highest BCUT2D eigenvalue weighted by molar-refractivity contribution is 7.15. The zero-order chi connectivity index (χ0) is 12.5. The van der Waals surface area contributed by atoms with Gasteiger partial charge in [-0.1, -0.05) is 0 Å². The summed E-state index contributed by atoms with van der Waals surface area (Å²) in [5.74, 6) is 0. The number of nitrogens with zero attached hydrogens (tertiary/aromatic N) is 2. The Hall–Kier alpha value is -0.650. The van der Waals surface area contributed by atoms with E-state index in [-0.39, 0.29) is 5.54 Å². The van der Waals surface area contributed by atoms with Gasteiger partial charge in [-0.2, -0.15) is 0 Å². The molecule has 17 heavy (non-hydrogen) atoms. The second kappa shape index (κ2) is 4.92. The molecule has 2 rings (SSSR count). The van der Waals surface area contributed by atoms with E-state index in [4.69, 9.17) is 10.5 Å². The Bertz CT molecular complexity index is 389. The van der Waals surface area contributed by atoms with Crippen LogP contribution in [0, 0.1) is 0 Å². The van der Waals surface area contributed by atoms with Crippen LogP contribution in [-0.4, -0.2) is 24.2 Å². The van der Waals surface area contributed by atoms with Crippen molar-refractivity contribution in [2.45, 2.75) is 45.4 Å². The van der Waals surface area contributed by atoms with Crippen molar-refractivity contribution in [3.05, 3.63) is 10.6 Å². The summed E-state index contributed by atoms with van der Waals surface area (Å²) in [4.78, 5) is 8.23. The third-order valence-electron chi connectivity index (χ3n) is 3.37. The van der Waals surface area contributed by atoms with Crippen molar-refractivity contribution in [3.8, 4) is 0 Å². The van der Waals surface area contributed by atoms with Gasteiger partial charge in [0.2, 0.25) is 0 Å². The Morgan fingerprint density at radius 3 is 2.82 bits per heavy atom. The number of thiazole rings is 1. The predicted molar refractivity (Wildman–Crippen MR) is 71.4 cm³/mol. The maximum Gasteiger partial charge on any atom is 0.186 e. The first-order valence-electron chi connectivity index (χ1n) is 6.03. The maximum absolute atomic E-state index is 5.76. The summed E-state index contributed by atoms with van der Waals surface area (Å²) in [6, 6.07) is 0. The number of anilines is 1. The van der Waals surface area contributed by atoms with Crippen LogP contribution in [0.1, 0.15) is 37.3 Å². The Morgan fingerprint density at radius 2 is 2.29 bits per heavy atom. The van der Waals surface area contributed by atoms with Crippen LogP contribution in [0.2, 0.25) is 0 Å². The first-order valence-corrected chi connectivity index (χ1v) is 6.85. The maximum atomic E-state index is 5.76. The molecule has 1 aromatic rings. The number of hydrogen-bond acceptors (Lipinski definition) is 5. The summed E-state index contributed by atoms with van der Waals surface area (Å²) in [7, 11) is 1.69. The van der Waals surface area contributed by atoms with Crippen molar-refractivity contribution in [1.82, 2.24) is 4.98 Å². The zero-order valence-corrected chi connectivity index (χ0v) is 11.6. The third kappa shape index (κ3) is 2.46. The number of rotatable bonds is 4. The first kappa shape index (κ1) is 12.8. The highest BCUT2D eigenvalue weighted by atomic mass is 32.1. The van der Waals surface area contributed by atoms with E-state index in [1.165, 1.54) is 12.8 Å². The molecule has 2 N–H and O–H groups in total. The molecule has 2 heterocycles. The minimum Gasteiger partial charge on any atom is -0.378 e. The molecule has 0 spiro atoms. The molecule has 1 fully saturated rings. The van der Waals surface area contributed by atoms with Gasteiger partial charge in [-0.3, -0.25) is 0 Å². The first-order chi connectivity index (χ1) is 8.08. The lowest BCUT2D eigenvalue weighted by Crippen LogP contribution is -2.38. The van der Waals surface area contributed by atoms with E-state index < -0.39 is 0 Å². The summed E-state index contributed by atoms with van der Waals surface area (Å²) < 4.78 is 5.17. The molecule has 0 saturated carbocycles. The lowest BCUT2D eigenvalue weighted by molar-refractivity contribution is 0.181. The molecule has 0 aliphatic carbocycles. The van der Waals surface area contributed by atoms with Crippen LogP contribution in [0.15, 0.2) is 0 Å². The Labute approximate surface area is 107 Å². The molecule has 0 bridgehead atoms. The summed E-state index contributed by atoms with van der Waals surface area (Å²) in [6.07, 6.45) is 2.47. The van der Waals surface area contributed by atoms with Gasteiger partial charge >= 0.3 is 0 Å². The van der Waals surface area contributed by atoms with Gasteiger partial charge in [-0.15, -0.1) is 11.3 Å². The van der Waals surface area contributed by atoms with E-state index in [1.54, 1.807) is 18.4 Å². The molecule has 1 aliphatic rings. The van der Waals surface area contributed by atoms with Crippen molar-refractivity contribution in [2.24, 2.45) is 5.73 Å². The average molecular weight is 255 g/mol. The van der Waals surface area contributed by atoms with Gasteiger partial charge in [0.1, 0.15) is 0 Å². The van der Waals surface area contributed by atoms with E-state index in [2.05, 4.69) is 23.7 Å². The molecular formula is C12H21N3OS. The molecule has 0 atom stereocenters. The monoisotopic (exact) mass is 255 g/mol. The van der Waals surface area contributed by atoms with Gasteiger partial charge < -0.3 is 15.4 Å². The highest BCUT2D eigenvalue weighted by Crippen LogP contribution is 2.37. The fourth-order valence-corrected chi connectivity index (χ4v) is 3.49. The fraction of sp³-hybridized carbons (Fsp3) is 0.750. The minimum atomic E-state index is 0.216. The number of ether oxygens (including phenoxy) is 1. The lowest BCUT2D eigenvalue weighted by atomic mass is 10.0. The van der Waals surface area contributed by atoms with E-state index in [1.807, 2.05) is 0 Å². The van der Waals surface area contributed by atoms with Crippen LogP contribution in [0.3, 0.4) is 0 Å². The van der Waals surface area contributed by atoms with Gasteiger partial charge in [-0.05, 0) is 26.7 Å². The normalized spacial score (nSPS) is 18.9. The molecule has 5 heteroatoms. The van der Waals surface area contributed by atoms with Crippen molar-refractivity contribution in [2.75, 3.05) is 18.6 Å². The van der Waals surface area contributed by atoms with E-state index >= 15 is 0 Å². The molecule has 0 amide bonds. The smallest absolute Gasteiger partial charge is 0.186 e. The number of methoxy groups -OCH3 is 1. The topological polar surface area (TPSA) is 51.4 Å². The number of nitrogens with two attached hydrogens (primary N) is 1. The standard InChI is InChI=1S/C12H21N3OS/c1-12(2)5-4-6-15(12)11-14-9(8-16-3)10(7-13)17-11/h4-8,13H2,1-3H3. The van der Waals surface area contributed by atoms with E-state index in [0.29, 0.717) is 13.2 Å². The molecule has 4 nitrogen and oxygen atoms in total. The van der Waals surface area contributed by atoms with Crippen molar-refractivity contribution < 1.29 is 4.74 Å². The van der Waals surface area contributed by atoms with Crippen molar-refractivity contribution in [3.63, 3.8) is 0 Å². The molecule has 0 aromatic carbocycles. The van der Waals surface area contributed by atoms with Crippen molar-refractivity contribution >= 4 is 16.5 Å². The third-order valence-corrected chi connectivity index (χ3v) is 4.51. The summed E-state index contributed by atoms with van der Waals surface area (Å²) >= 11 is 1.71. The number of hydrogen-bond donors (Lipinski definition) is 1. The van der Waals surface area contributed by atoms with Crippen LogP contribution < -0.4 is 10.6 Å². The van der Waals surface area contributed by atoms with E-state index in [9.17, 15) is 0 Å². The minimum absolute atomic E-state index is 0.216. The summed E-state index contributed by atoms with van der Waals surface area (Å²) in [5, 5.41) is 1.10. The van der Waals surface area contributed by atoms with Gasteiger partial charge in [-0.25, -0.2) is 4.98 Å². The van der Waals surface area contributed by atoms with Gasteiger partial charge in [0, 0.05) is 30.6 Å². The summed E-state index contributed by atoms with van der Waals surface area (Å²) in [5.41, 5.74) is 6.97. The summed E-state index contributed by atoms with van der Waals surface area (Å²) in [6.45, 7) is 6.75. The number of aromatic nitrogens is 1. The SMILES string of the molecule is COCc1nc(N2CCCC2(C)C)sc1CN. The van der Waals surface area contributed by atoms with Gasteiger partial charge in [0.15, 0.2) is 5.13 Å². The second-order valence-corrected chi connectivity index (χ2v) is 6.13. The van der Waals surface area contributed by atoms with Crippen LogP contribution in [0.25, 0.3) is 0 Å². The van der Waals surface area contributed by atoms with Crippen LogP contribution >= 0.6 is 11.3 Å². The van der Waals surface area contributed by atoms with Crippen LogP contribution in [0.4, 0.5) is 5.13 Å². The van der Waals surface area contributed by atoms with Gasteiger partial charge in [0.05, 0.1) is 12.3 Å². The lowest BCUT2D eigenvalue weighted by Gasteiger charge is -2.31. The molecule has 96 valence electrons. The molecule has 1 saturated heterocycles. The average Bonchev–Trinajstić information content (AvgIpc) is 2.81. The zero-order valence-electron chi connectivity index (χ0n) is 10.8. The highest BCUT2D eigenvalue weighted by Gasteiger charge is 2.34. The molecular weight excluding hydrogens is 234 g/mol.